The highest BCUT2D eigenvalue weighted by atomic mass is 32.2. The highest BCUT2D eigenvalue weighted by Crippen LogP contribution is 2.18. The summed E-state index contributed by atoms with van der Waals surface area (Å²) in [4.78, 5) is 10.5. The second-order valence-electron chi connectivity index (χ2n) is 1.99. The van der Waals surface area contributed by atoms with Gasteiger partial charge in [0.2, 0.25) is 5.91 Å². The molecule has 0 spiro atoms. The number of aliphatic hydroxyl groups excluding tert-OH is 1. The third kappa shape index (κ3) is 1.37. The van der Waals surface area contributed by atoms with Gasteiger partial charge in [-0.3, -0.25) is 4.79 Å². The van der Waals surface area contributed by atoms with Crippen LogP contribution in [0.4, 0.5) is 0 Å². The molecule has 0 aromatic rings. The molecule has 4 heteroatoms. The van der Waals surface area contributed by atoms with Gasteiger partial charge in [-0.1, -0.05) is 0 Å². The predicted molar refractivity (Wildman–Crippen MR) is 36.1 cm³/mol. The fourth-order valence-electron chi connectivity index (χ4n) is 0.823. The summed E-state index contributed by atoms with van der Waals surface area (Å²) in [6.45, 7) is 0. The number of hydrogen-bond acceptors (Lipinski definition) is 3. The van der Waals surface area contributed by atoms with Crippen molar-refractivity contribution in [3.05, 3.63) is 0 Å². The maximum atomic E-state index is 10.5. The van der Waals surface area contributed by atoms with Crippen LogP contribution in [-0.2, 0) is 4.79 Å². The summed E-state index contributed by atoms with van der Waals surface area (Å²) in [5.74, 6) is -0.0538. The molecule has 1 heterocycles. The van der Waals surface area contributed by atoms with E-state index in [2.05, 4.69) is 5.32 Å². The van der Waals surface area contributed by atoms with Crippen molar-refractivity contribution in [2.45, 2.75) is 17.9 Å². The Morgan fingerprint density at radius 3 is 2.78 bits per heavy atom. The predicted octanol–water partition coefficient (Wildman–Crippen LogP) is -0.444. The average molecular weight is 147 g/mol. The summed E-state index contributed by atoms with van der Waals surface area (Å²) < 4.78 is 0. The van der Waals surface area contributed by atoms with E-state index < -0.39 is 6.23 Å². The van der Waals surface area contributed by atoms with Crippen molar-refractivity contribution in [3.63, 3.8) is 0 Å². The smallest absolute Gasteiger partial charge is 0.223 e. The maximum Gasteiger partial charge on any atom is 0.223 e. The molecule has 52 valence electrons. The molecule has 0 aromatic heterocycles. The number of nitrogens with one attached hydrogen (secondary N) is 1. The van der Waals surface area contributed by atoms with Crippen molar-refractivity contribution in [1.82, 2.24) is 5.32 Å². The Bertz CT molecular complexity index is 128. The zero-order valence-corrected chi connectivity index (χ0v) is 5.94. The Labute approximate surface area is 57.8 Å². The first-order chi connectivity index (χ1) is 4.24. The molecule has 1 fully saturated rings. The first-order valence-electron chi connectivity index (χ1n) is 2.74. The lowest BCUT2D eigenvalue weighted by atomic mass is 10.3. The van der Waals surface area contributed by atoms with Crippen molar-refractivity contribution >= 4 is 17.7 Å². The van der Waals surface area contributed by atoms with Gasteiger partial charge in [-0.25, -0.2) is 0 Å². The molecule has 0 radical (unpaired) electrons. The van der Waals surface area contributed by atoms with Crippen LogP contribution in [0.5, 0.6) is 0 Å². The van der Waals surface area contributed by atoms with E-state index in [0.717, 1.165) is 0 Å². The second kappa shape index (κ2) is 2.58. The van der Waals surface area contributed by atoms with E-state index >= 15 is 0 Å². The molecular formula is C5H9NO2S. The van der Waals surface area contributed by atoms with Gasteiger partial charge >= 0.3 is 0 Å². The number of hydrogen-bond donors (Lipinski definition) is 2. The molecule has 2 atom stereocenters. The number of amides is 1. The van der Waals surface area contributed by atoms with E-state index in [-0.39, 0.29) is 11.2 Å². The Morgan fingerprint density at radius 2 is 2.56 bits per heavy atom. The van der Waals surface area contributed by atoms with Gasteiger partial charge in [0.05, 0.1) is 5.25 Å². The zero-order valence-electron chi connectivity index (χ0n) is 5.13. The molecule has 1 saturated heterocycles. The summed E-state index contributed by atoms with van der Waals surface area (Å²) in [6, 6.07) is 0. The van der Waals surface area contributed by atoms with E-state index in [0.29, 0.717) is 6.42 Å². The Balaban J connectivity index is 2.47. The summed E-state index contributed by atoms with van der Waals surface area (Å²) >= 11 is 1.51. The summed E-state index contributed by atoms with van der Waals surface area (Å²) in [5.41, 5.74) is 0. The van der Waals surface area contributed by atoms with Crippen LogP contribution in [0.2, 0.25) is 0 Å². The van der Waals surface area contributed by atoms with Crippen molar-refractivity contribution in [1.29, 1.82) is 0 Å². The van der Waals surface area contributed by atoms with E-state index in [9.17, 15) is 4.79 Å². The maximum absolute atomic E-state index is 10.5. The van der Waals surface area contributed by atoms with E-state index in [1.54, 1.807) is 0 Å². The minimum atomic E-state index is -0.632. The van der Waals surface area contributed by atoms with Crippen LogP contribution >= 0.6 is 11.8 Å². The van der Waals surface area contributed by atoms with E-state index in [4.69, 9.17) is 5.11 Å². The van der Waals surface area contributed by atoms with Crippen LogP contribution < -0.4 is 5.32 Å². The van der Waals surface area contributed by atoms with Gasteiger partial charge in [-0.15, -0.1) is 0 Å². The average Bonchev–Trinajstić information content (AvgIpc) is 2.10. The SMILES string of the molecule is CSC1CC(=O)NC1O. The number of rotatable bonds is 1. The van der Waals surface area contributed by atoms with Gasteiger partial charge in [0.15, 0.2) is 0 Å². The zero-order chi connectivity index (χ0) is 6.85. The summed E-state index contributed by atoms with van der Waals surface area (Å²) in [6.07, 6.45) is 1.70. The normalized spacial score (nSPS) is 34.7. The molecule has 0 aliphatic carbocycles. The topological polar surface area (TPSA) is 49.3 Å². The lowest BCUT2D eigenvalue weighted by Gasteiger charge is -2.07. The van der Waals surface area contributed by atoms with Gasteiger partial charge in [-0.2, -0.15) is 11.8 Å². The fourth-order valence-corrected chi connectivity index (χ4v) is 1.47. The van der Waals surface area contributed by atoms with Crippen molar-refractivity contribution in [2.24, 2.45) is 0 Å². The molecule has 9 heavy (non-hydrogen) atoms. The standard InChI is InChI=1S/C5H9NO2S/c1-9-3-2-4(7)6-5(3)8/h3,5,8H,2H2,1H3,(H,6,7). The first-order valence-corrected chi connectivity index (χ1v) is 4.03. The van der Waals surface area contributed by atoms with Crippen molar-refractivity contribution < 1.29 is 9.90 Å². The van der Waals surface area contributed by atoms with Crippen LogP contribution in [0.15, 0.2) is 0 Å². The molecule has 2 N–H and O–H groups in total. The van der Waals surface area contributed by atoms with Gasteiger partial charge in [0, 0.05) is 6.42 Å². The van der Waals surface area contributed by atoms with Gasteiger partial charge in [-0.05, 0) is 6.26 Å². The lowest BCUT2D eigenvalue weighted by molar-refractivity contribution is -0.120. The minimum Gasteiger partial charge on any atom is -0.373 e. The van der Waals surface area contributed by atoms with E-state index in [1.165, 1.54) is 11.8 Å². The van der Waals surface area contributed by atoms with Crippen LogP contribution in [-0.4, -0.2) is 28.7 Å². The quantitative estimate of drug-likeness (QED) is 0.528. The lowest BCUT2D eigenvalue weighted by Crippen LogP contribution is -2.29. The highest BCUT2D eigenvalue weighted by molar-refractivity contribution is 7.99. The molecule has 1 amide bonds. The largest absolute Gasteiger partial charge is 0.373 e. The summed E-state index contributed by atoms with van der Waals surface area (Å²) in [5, 5.41) is 11.5. The first kappa shape index (κ1) is 6.89. The van der Waals surface area contributed by atoms with Crippen LogP contribution in [0, 0.1) is 0 Å². The Hall–Kier alpha value is -0.220. The molecule has 3 nitrogen and oxygen atoms in total. The molecule has 1 aliphatic heterocycles. The van der Waals surface area contributed by atoms with Crippen LogP contribution in [0.3, 0.4) is 0 Å². The number of aliphatic hydroxyl groups is 1. The minimum absolute atomic E-state index is 0.0532. The van der Waals surface area contributed by atoms with Crippen molar-refractivity contribution in [3.8, 4) is 0 Å². The number of carbonyl (C=O) groups excluding carboxylic acids is 1. The van der Waals surface area contributed by atoms with E-state index in [1.807, 2.05) is 6.26 Å². The van der Waals surface area contributed by atoms with Gasteiger partial charge in [0.25, 0.3) is 0 Å². The molecule has 2 unspecified atom stereocenters. The molecule has 1 aliphatic rings. The molecule has 0 bridgehead atoms. The molecule has 0 aromatic carbocycles. The number of thioether (sulfide) groups is 1. The second-order valence-corrected chi connectivity index (χ2v) is 3.07. The highest BCUT2D eigenvalue weighted by Gasteiger charge is 2.29. The third-order valence-corrected chi connectivity index (χ3v) is 2.38. The third-order valence-electron chi connectivity index (χ3n) is 1.35. The fraction of sp³-hybridized carbons (Fsp3) is 0.800. The molecule has 1 rings (SSSR count). The summed E-state index contributed by atoms with van der Waals surface area (Å²) in [7, 11) is 0. The van der Waals surface area contributed by atoms with Gasteiger partial charge in [0.1, 0.15) is 6.23 Å². The van der Waals surface area contributed by atoms with Crippen LogP contribution in [0.25, 0.3) is 0 Å². The Morgan fingerprint density at radius 1 is 1.89 bits per heavy atom. The molecule has 0 saturated carbocycles. The number of carbonyl (C=O) groups is 1. The van der Waals surface area contributed by atoms with Crippen molar-refractivity contribution in [2.75, 3.05) is 6.26 Å². The Kier molecular flexibility index (Phi) is 1.97. The molecular weight excluding hydrogens is 138 g/mol. The van der Waals surface area contributed by atoms with Crippen LogP contribution in [0.1, 0.15) is 6.42 Å². The van der Waals surface area contributed by atoms with Gasteiger partial charge < -0.3 is 10.4 Å². The monoisotopic (exact) mass is 147 g/mol.